The van der Waals surface area contributed by atoms with E-state index in [9.17, 15) is 0 Å². The van der Waals surface area contributed by atoms with Crippen LogP contribution in [-0.2, 0) is 22.4 Å². The minimum absolute atomic E-state index is 0. The Morgan fingerprint density at radius 1 is 1.80 bits per heavy atom. The predicted octanol–water partition coefficient (Wildman–Crippen LogP) is 1.20. The van der Waals surface area contributed by atoms with E-state index in [2.05, 4.69) is 6.92 Å². The predicted molar refractivity (Wildman–Crippen MR) is 18.8 cm³/mol. The van der Waals surface area contributed by atoms with Gasteiger partial charge in [-0.2, -0.15) is 6.42 Å². The van der Waals surface area contributed by atoms with Gasteiger partial charge >= 0.3 is 0 Å². The van der Waals surface area contributed by atoms with Gasteiger partial charge in [0.15, 0.2) is 0 Å². The van der Waals surface area contributed by atoms with E-state index in [0.29, 0.717) is 0 Å². The molecule has 0 aliphatic rings. The molecule has 0 fully saturated rings. The smallest absolute Gasteiger partial charge is 0 e. The Morgan fingerprint density at radius 3 is 2.00 bits per heavy atom. The van der Waals surface area contributed by atoms with Gasteiger partial charge in [0, 0.05) is 22.4 Å². The molecule has 0 aromatic carbocycles. The minimum Gasteiger partial charge on any atom is -0.520 e. The van der Waals surface area contributed by atoms with Crippen LogP contribution < -0.4 is 0 Å². The summed E-state index contributed by atoms with van der Waals surface area (Å²) in [5, 5.41) is 0. The molecule has 0 heterocycles. The van der Waals surface area contributed by atoms with E-state index in [0.717, 1.165) is 6.42 Å². The molecule has 0 rings (SSSR count). The van der Waals surface area contributed by atoms with Crippen LogP contribution in [-0.4, -0.2) is 0 Å². The van der Waals surface area contributed by atoms with Gasteiger partial charge in [0.1, 0.15) is 0 Å². The molecule has 0 aliphatic heterocycles. The van der Waals surface area contributed by atoms with Gasteiger partial charge in [0.25, 0.3) is 0 Å². The summed E-state index contributed by atoms with van der Waals surface area (Å²) < 4.78 is 0. The number of hydrogen-bond donors (Lipinski definition) is 0. The van der Waals surface area contributed by atoms with Gasteiger partial charge in [-0.3, -0.25) is 0 Å². The van der Waals surface area contributed by atoms with Crippen LogP contribution in [0.15, 0.2) is 6.08 Å². The topological polar surface area (TPSA) is 0 Å². The van der Waals surface area contributed by atoms with Crippen LogP contribution >= 0.6 is 0 Å². The summed E-state index contributed by atoms with van der Waals surface area (Å²) >= 11 is 0. The third-order valence-corrected chi connectivity index (χ3v) is 0.167. The first-order valence-corrected chi connectivity index (χ1v) is 1.24. The summed E-state index contributed by atoms with van der Waals surface area (Å²) in [5.41, 5.74) is 0. The summed E-state index contributed by atoms with van der Waals surface area (Å²) in [4.78, 5) is 0. The summed E-state index contributed by atoms with van der Waals surface area (Å²) in [6, 6.07) is 0. The fraction of sp³-hybridized carbons (Fsp3) is 0.250. The number of allylic oxidation sites excluding steroid dienone is 1. The molecule has 0 aromatic rings. The van der Waals surface area contributed by atoms with Crippen molar-refractivity contribution in [3.63, 3.8) is 0 Å². The molecule has 0 bridgehead atoms. The van der Waals surface area contributed by atoms with E-state index in [1.807, 2.05) is 0 Å². The van der Waals surface area contributed by atoms with Gasteiger partial charge in [-0.05, 0) is 0 Å². The molecule has 0 aliphatic carbocycles. The molecular formula is C4H6Au-2. The normalized spacial score (nSPS) is 5.00. The Balaban J connectivity index is 0. The Kier molecular flexibility index (Phi) is 16.0. The molecule has 0 aromatic heterocycles. The van der Waals surface area contributed by atoms with Crippen molar-refractivity contribution in [1.82, 2.24) is 0 Å². The molecule has 0 N–H and O–H groups in total. The molecule has 0 saturated heterocycles. The molecule has 5 heavy (non-hydrogen) atoms. The van der Waals surface area contributed by atoms with E-state index in [-0.39, 0.29) is 22.4 Å². The van der Waals surface area contributed by atoms with Gasteiger partial charge in [-0.15, -0.1) is 0 Å². The average molecular weight is 251 g/mol. The van der Waals surface area contributed by atoms with Gasteiger partial charge in [-0.25, -0.2) is 0 Å². The van der Waals surface area contributed by atoms with Crippen molar-refractivity contribution in [2.75, 3.05) is 0 Å². The van der Waals surface area contributed by atoms with E-state index in [1.54, 1.807) is 0 Å². The molecule has 0 spiro atoms. The first-order chi connectivity index (χ1) is 1.91. The second kappa shape index (κ2) is 8.82. The maximum Gasteiger partial charge on any atom is 0 e. The van der Waals surface area contributed by atoms with E-state index in [1.165, 1.54) is 6.08 Å². The second-order valence-electron chi connectivity index (χ2n) is 0.524. The summed E-state index contributed by atoms with van der Waals surface area (Å²) in [5.74, 6) is 0. The molecular weight excluding hydrogens is 245 g/mol. The minimum atomic E-state index is 0. The van der Waals surface area contributed by atoms with Gasteiger partial charge in [0.2, 0.25) is 0 Å². The number of hydrogen-bond acceptors (Lipinski definition) is 0. The van der Waals surface area contributed by atoms with Gasteiger partial charge in [-0.1, -0.05) is 0 Å². The Hall–Kier alpha value is 0.480. The van der Waals surface area contributed by atoms with Crippen molar-refractivity contribution in [3.05, 3.63) is 19.6 Å². The van der Waals surface area contributed by atoms with Crippen LogP contribution in [0.5, 0.6) is 0 Å². The monoisotopic (exact) mass is 251 g/mol. The van der Waals surface area contributed by atoms with Gasteiger partial charge < -0.3 is 19.6 Å². The Morgan fingerprint density at radius 2 is 2.00 bits per heavy atom. The van der Waals surface area contributed by atoms with Gasteiger partial charge in [0.05, 0.1) is 0 Å². The van der Waals surface area contributed by atoms with Crippen molar-refractivity contribution in [2.24, 2.45) is 0 Å². The largest absolute Gasteiger partial charge is 0.520 e. The molecule has 0 amide bonds. The maximum atomic E-state index is 4.84. The number of rotatable bonds is 1. The third kappa shape index (κ3) is 12.6. The second-order valence-corrected chi connectivity index (χ2v) is 0.524. The fourth-order valence-corrected chi connectivity index (χ4v) is 0. The summed E-state index contributed by atoms with van der Waals surface area (Å²) in [6.45, 7) is 8.26. The molecule has 1 heteroatoms. The zero-order valence-corrected chi connectivity index (χ0v) is 5.04. The van der Waals surface area contributed by atoms with Crippen molar-refractivity contribution >= 4 is 0 Å². The summed E-state index contributed by atoms with van der Waals surface area (Å²) in [7, 11) is 0. The molecule has 1 radical (unpaired) electrons. The van der Waals surface area contributed by atoms with Crippen molar-refractivity contribution in [1.29, 1.82) is 0 Å². The third-order valence-electron chi connectivity index (χ3n) is 0.167. The maximum absolute atomic E-state index is 4.84. The first-order valence-electron chi connectivity index (χ1n) is 1.24. The van der Waals surface area contributed by atoms with E-state index >= 15 is 0 Å². The molecule has 0 nitrogen and oxygen atoms in total. The molecule has 0 unspecified atom stereocenters. The van der Waals surface area contributed by atoms with Crippen molar-refractivity contribution < 1.29 is 22.4 Å². The SMILES string of the molecule is [Au].[CH-]=CC[CH2-]. The average Bonchev–Trinajstić information content (AvgIpc) is 1.37. The van der Waals surface area contributed by atoms with Crippen LogP contribution in [0, 0.1) is 13.5 Å². The molecule has 35 valence electrons. The Labute approximate surface area is 48.8 Å². The van der Waals surface area contributed by atoms with Crippen LogP contribution in [0.25, 0.3) is 0 Å². The first kappa shape index (κ1) is 9.08. The van der Waals surface area contributed by atoms with E-state index < -0.39 is 0 Å². The van der Waals surface area contributed by atoms with Crippen LogP contribution in [0.4, 0.5) is 0 Å². The molecule has 0 atom stereocenters. The van der Waals surface area contributed by atoms with Crippen LogP contribution in [0.1, 0.15) is 6.42 Å². The van der Waals surface area contributed by atoms with E-state index in [4.69, 9.17) is 6.58 Å². The standard InChI is InChI=1S/C4H6.Au/c1-3-4-2;/h1,3H,2,4H2;/q-2;. The Bertz CT molecular complexity index is 17.6. The zero-order valence-electron chi connectivity index (χ0n) is 2.87. The zero-order chi connectivity index (χ0) is 3.41. The fourth-order valence-electron chi connectivity index (χ4n) is 0. The quantitative estimate of drug-likeness (QED) is 0.485. The molecule has 0 saturated carbocycles. The van der Waals surface area contributed by atoms with Crippen molar-refractivity contribution in [2.45, 2.75) is 6.42 Å². The summed E-state index contributed by atoms with van der Waals surface area (Å²) in [6.07, 6.45) is 2.24. The van der Waals surface area contributed by atoms with Crippen LogP contribution in [0.3, 0.4) is 0 Å². The van der Waals surface area contributed by atoms with Crippen LogP contribution in [0.2, 0.25) is 0 Å². The van der Waals surface area contributed by atoms with Crippen molar-refractivity contribution in [3.8, 4) is 0 Å².